The Morgan fingerprint density at radius 2 is 1.78 bits per heavy atom. The van der Waals surface area contributed by atoms with Gasteiger partial charge in [-0.15, -0.1) is 0 Å². The van der Waals surface area contributed by atoms with Gasteiger partial charge < -0.3 is 27.4 Å². The van der Waals surface area contributed by atoms with Crippen molar-refractivity contribution in [1.82, 2.24) is 10.6 Å². The third-order valence-electron chi connectivity index (χ3n) is 5.54. The number of hydrogen-bond donors (Lipinski definition) is 5. The third-order valence-corrected chi connectivity index (χ3v) is 5.54. The molecule has 1 heterocycles. The second kappa shape index (κ2) is 9.00. The van der Waals surface area contributed by atoms with Crippen LogP contribution in [0.2, 0.25) is 0 Å². The lowest BCUT2D eigenvalue weighted by atomic mass is 10.0. The molecule has 27 heavy (non-hydrogen) atoms. The quantitative estimate of drug-likeness (QED) is 0.478. The number of allylic oxidation sites excluding steroid dienone is 4. The van der Waals surface area contributed by atoms with Gasteiger partial charge in [-0.05, 0) is 81.0 Å². The molecule has 2 atom stereocenters. The smallest absolute Gasteiger partial charge is 0.0962 e. The molecule has 1 saturated heterocycles. The lowest BCUT2D eigenvalue weighted by Crippen LogP contribution is -2.31. The van der Waals surface area contributed by atoms with Crippen molar-refractivity contribution < 1.29 is 0 Å². The summed E-state index contributed by atoms with van der Waals surface area (Å²) in [5.41, 5.74) is 16.3. The minimum Gasteiger partial charge on any atom is -0.398 e. The van der Waals surface area contributed by atoms with Gasteiger partial charge in [0.2, 0.25) is 0 Å². The fourth-order valence-corrected chi connectivity index (χ4v) is 4.17. The van der Waals surface area contributed by atoms with Crippen LogP contribution in [0.1, 0.15) is 38.7 Å². The normalized spacial score (nSPS) is 26.1. The Labute approximate surface area is 163 Å². The predicted octanol–water partition coefficient (Wildman–Crippen LogP) is 3.10. The number of rotatable bonds is 7. The molecule has 2 fully saturated rings. The van der Waals surface area contributed by atoms with Gasteiger partial charge in [-0.1, -0.05) is 25.1 Å². The van der Waals surface area contributed by atoms with E-state index in [1.165, 1.54) is 12.8 Å². The third kappa shape index (κ3) is 5.30. The number of nitrogens with two attached hydrogens (primary N) is 2. The van der Waals surface area contributed by atoms with Crippen LogP contribution < -0.4 is 27.4 Å². The summed E-state index contributed by atoms with van der Waals surface area (Å²) < 4.78 is 0. The maximum atomic E-state index is 6.22. The minimum atomic E-state index is 0.484. The highest BCUT2D eigenvalue weighted by Crippen LogP contribution is 2.34. The van der Waals surface area contributed by atoms with Gasteiger partial charge in [0.05, 0.1) is 5.82 Å². The first-order valence-corrected chi connectivity index (χ1v) is 9.99. The molecule has 2 unspecified atom stereocenters. The van der Waals surface area contributed by atoms with Crippen molar-refractivity contribution in [2.24, 2.45) is 23.3 Å². The highest BCUT2D eigenvalue weighted by atomic mass is 15.0. The first kappa shape index (κ1) is 19.4. The summed E-state index contributed by atoms with van der Waals surface area (Å²) in [6, 6.07) is 8.61. The largest absolute Gasteiger partial charge is 0.398 e. The van der Waals surface area contributed by atoms with Gasteiger partial charge in [-0.25, -0.2) is 0 Å². The molecule has 1 aliphatic heterocycles. The monoisotopic (exact) mass is 367 g/mol. The zero-order valence-corrected chi connectivity index (χ0v) is 16.5. The lowest BCUT2D eigenvalue weighted by Gasteiger charge is -2.15. The molecule has 0 radical (unpaired) electrons. The van der Waals surface area contributed by atoms with Crippen LogP contribution in [0, 0.1) is 11.8 Å². The molecular weight excluding hydrogens is 334 g/mol. The second-order valence-electron chi connectivity index (χ2n) is 7.73. The van der Waals surface area contributed by atoms with Crippen molar-refractivity contribution in [2.45, 2.75) is 39.2 Å². The van der Waals surface area contributed by atoms with E-state index in [2.05, 4.69) is 35.9 Å². The lowest BCUT2D eigenvalue weighted by molar-refractivity contribution is 0.494. The fourth-order valence-electron chi connectivity index (χ4n) is 4.17. The first-order valence-electron chi connectivity index (χ1n) is 9.99. The Balaban J connectivity index is 1.54. The van der Waals surface area contributed by atoms with Crippen molar-refractivity contribution in [3.05, 3.63) is 59.6 Å². The number of benzene rings is 1. The molecule has 146 valence electrons. The van der Waals surface area contributed by atoms with Gasteiger partial charge in [-0.3, -0.25) is 0 Å². The minimum absolute atomic E-state index is 0.484. The molecule has 0 aromatic heterocycles. The number of fused-ring (bicyclic) bond motifs is 1. The van der Waals surface area contributed by atoms with Gasteiger partial charge in [0.1, 0.15) is 0 Å². The average molecular weight is 368 g/mol. The van der Waals surface area contributed by atoms with Crippen LogP contribution >= 0.6 is 0 Å². The van der Waals surface area contributed by atoms with Gasteiger partial charge in [0, 0.05) is 23.1 Å². The standard InChI is InChI=1S/C22H33N5/c1-3-4-15(2)26-19-7-5-16(6-8-19)21(23)9-10-22(24)27-20-11-17-13-25-14-18(17)12-20/h4-10,17-18,20,25-27H,3,11-14,23-24H2,1-2H3/b15-4+,21-9-,22-10+. The number of anilines is 1. The first-order chi connectivity index (χ1) is 13.0. The number of nitrogens with one attached hydrogen (secondary N) is 3. The summed E-state index contributed by atoms with van der Waals surface area (Å²) in [7, 11) is 0. The molecule has 2 aliphatic rings. The van der Waals surface area contributed by atoms with E-state index in [4.69, 9.17) is 11.5 Å². The van der Waals surface area contributed by atoms with E-state index < -0.39 is 0 Å². The Morgan fingerprint density at radius 3 is 2.41 bits per heavy atom. The van der Waals surface area contributed by atoms with Crippen molar-refractivity contribution >= 4 is 11.4 Å². The maximum Gasteiger partial charge on any atom is 0.0962 e. The van der Waals surface area contributed by atoms with E-state index in [1.54, 1.807) is 0 Å². The highest BCUT2D eigenvalue weighted by molar-refractivity contribution is 5.66. The molecule has 1 aliphatic carbocycles. The van der Waals surface area contributed by atoms with Crippen molar-refractivity contribution in [3.63, 3.8) is 0 Å². The fraction of sp³-hybridized carbons (Fsp3) is 0.455. The van der Waals surface area contributed by atoms with Gasteiger partial charge in [0.25, 0.3) is 0 Å². The summed E-state index contributed by atoms with van der Waals surface area (Å²) in [5.74, 6) is 2.30. The van der Waals surface area contributed by atoms with E-state index in [1.807, 2.05) is 36.4 Å². The molecule has 1 saturated carbocycles. The molecule has 0 bridgehead atoms. The van der Waals surface area contributed by atoms with E-state index in [0.717, 1.165) is 48.3 Å². The van der Waals surface area contributed by atoms with Crippen LogP contribution in [0.25, 0.3) is 5.70 Å². The molecule has 0 spiro atoms. The van der Waals surface area contributed by atoms with Crippen LogP contribution in [-0.2, 0) is 0 Å². The molecule has 1 aromatic rings. The zero-order chi connectivity index (χ0) is 19.2. The summed E-state index contributed by atoms with van der Waals surface area (Å²) >= 11 is 0. The Bertz CT molecular complexity index is 705. The zero-order valence-electron chi connectivity index (χ0n) is 16.5. The molecule has 5 nitrogen and oxygen atoms in total. The van der Waals surface area contributed by atoms with Gasteiger partial charge in [0.15, 0.2) is 0 Å². The molecule has 5 heteroatoms. The van der Waals surface area contributed by atoms with Crippen molar-refractivity contribution in [2.75, 3.05) is 18.4 Å². The van der Waals surface area contributed by atoms with E-state index in [0.29, 0.717) is 17.6 Å². The Kier molecular flexibility index (Phi) is 6.45. The average Bonchev–Trinajstić information content (AvgIpc) is 3.22. The molecular formula is C22H33N5. The Hall–Kier alpha value is -2.40. The van der Waals surface area contributed by atoms with Gasteiger partial charge >= 0.3 is 0 Å². The van der Waals surface area contributed by atoms with Crippen LogP contribution in [0.5, 0.6) is 0 Å². The van der Waals surface area contributed by atoms with E-state index in [9.17, 15) is 0 Å². The summed E-state index contributed by atoms with van der Waals surface area (Å²) in [5, 5.41) is 10.3. The maximum absolute atomic E-state index is 6.22. The molecule has 1 aromatic carbocycles. The Morgan fingerprint density at radius 1 is 1.11 bits per heavy atom. The topological polar surface area (TPSA) is 88.1 Å². The summed E-state index contributed by atoms with van der Waals surface area (Å²) in [4.78, 5) is 0. The summed E-state index contributed by atoms with van der Waals surface area (Å²) in [6.07, 6.45) is 9.34. The van der Waals surface area contributed by atoms with E-state index in [-0.39, 0.29) is 0 Å². The van der Waals surface area contributed by atoms with Crippen molar-refractivity contribution in [3.8, 4) is 0 Å². The predicted molar refractivity (Wildman–Crippen MR) is 115 cm³/mol. The van der Waals surface area contributed by atoms with E-state index >= 15 is 0 Å². The van der Waals surface area contributed by atoms with Crippen LogP contribution in [-0.4, -0.2) is 19.1 Å². The van der Waals surface area contributed by atoms with Crippen LogP contribution in [0.15, 0.2) is 54.0 Å². The summed E-state index contributed by atoms with van der Waals surface area (Å²) in [6.45, 7) is 6.50. The highest BCUT2D eigenvalue weighted by Gasteiger charge is 2.37. The van der Waals surface area contributed by atoms with Crippen LogP contribution in [0.4, 0.5) is 5.69 Å². The SMILES string of the molecule is CC/C=C(\C)Nc1ccc(/C(N)=C/C=C(\N)NC2CC3CNCC3C2)cc1. The molecule has 3 rings (SSSR count). The van der Waals surface area contributed by atoms with Crippen LogP contribution in [0.3, 0.4) is 0 Å². The van der Waals surface area contributed by atoms with Crippen molar-refractivity contribution in [1.29, 1.82) is 0 Å². The molecule has 7 N–H and O–H groups in total. The molecule has 0 amide bonds. The number of hydrogen-bond acceptors (Lipinski definition) is 5. The van der Waals surface area contributed by atoms with Gasteiger partial charge in [-0.2, -0.15) is 0 Å². The second-order valence-corrected chi connectivity index (χ2v) is 7.73.